The summed E-state index contributed by atoms with van der Waals surface area (Å²) in [4.78, 5) is 3.09. The van der Waals surface area contributed by atoms with Crippen molar-refractivity contribution < 1.29 is 9.47 Å². The third kappa shape index (κ3) is 1.29. The Morgan fingerprint density at radius 3 is 2.73 bits per heavy atom. The molecule has 1 saturated heterocycles. The molecule has 0 radical (unpaired) electrons. The van der Waals surface area contributed by atoms with Gasteiger partial charge in [0.05, 0.1) is 13.2 Å². The SMILES string of the molecule is Cc1cc(C2OCCO2)c[nH]1. The maximum absolute atomic E-state index is 5.31. The highest BCUT2D eigenvalue weighted by Gasteiger charge is 2.18. The molecule has 0 unspecified atom stereocenters. The summed E-state index contributed by atoms with van der Waals surface area (Å²) in [6.07, 6.45) is 1.78. The second-order valence-electron chi connectivity index (χ2n) is 2.69. The number of H-pyrrole nitrogens is 1. The van der Waals surface area contributed by atoms with Crippen molar-refractivity contribution in [3.63, 3.8) is 0 Å². The van der Waals surface area contributed by atoms with Crippen molar-refractivity contribution in [2.75, 3.05) is 13.2 Å². The van der Waals surface area contributed by atoms with Crippen molar-refractivity contribution in [1.82, 2.24) is 4.98 Å². The van der Waals surface area contributed by atoms with Crippen LogP contribution >= 0.6 is 0 Å². The summed E-state index contributed by atoms with van der Waals surface area (Å²) in [5, 5.41) is 0. The van der Waals surface area contributed by atoms with E-state index in [0.717, 1.165) is 11.3 Å². The van der Waals surface area contributed by atoms with Gasteiger partial charge in [0.2, 0.25) is 0 Å². The molecule has 2 heterocycles. The number of hydrogen-bond donors (Lipinski definition) is 1. The summed E-state index contributed by atoms with van der Waals surface area (Å²) in [5.74, 6) is 0. The lowest BCUT2D eigenvalue weighted by atomic mass is 10.3. The van der Waals surface area contributed by atoms with E-state index in [9.17, 15) is 0 Å². The predicted molar refractivity (Wildman–Crippen MR) is 40.2 cm³/mol. The van der Waals surface area contributed by atoms with Crippen molar-refractivity contribution in [3.8, 4) is 0 Å². The highest BCUT2D eigenvalue weighted by atomic mass is 16.7. The molecule has 2 rings (SSSR count). The Bertz CT molecular complexity index is 238. The van der Waals surface area contributed by atoms with Crippen LogP contribution in [0.1, 0.15) is 17.5 Å². The minimum atomic E-state index is -0.139. The van der Waals surface area contributed by atoms with E-state index in [4.69, 9.17) is 9.47 Å². The van der Waals surface area contributed by atoms with Gasteiger partial charge in [0.1, 0.15) is 0 Å². The van der Waals surface area contributed by atoms with Gasteiger partial charge >= 0.3 is 0 Å². The summed E-state index contributed by atoms with van der Waals surface area (Å²) in [6, 6.07) is 2.04. The molecule has 0 amide bonds. The monoisotopic (exact) mass is 153 g/mol. The Hall–Kier alpha value is -0.800. The number of rotatable bonds is 1. The van der Waals surface area contributed by atoms with Crippen LogP contribution in [0.15, 0.2) is 12.3 Å². The van der Waals surface area contributed by atoms with Crippen LogP contribution in [0.25, 0.3) is 0 Å². The van der Waals surface area contributed by atoms with E-state index in [1.165, 1.54) is 0 Å². The first-order valence-corrected chi connectivity index (χ1v) is 3.74. The van der Waals surface area contributed by atoms with Gasteiger partial charge in [-0.2, -0.15) is 0 Å². The Kier molecular flexibility index (Phi) is 1.68. The second kappa shape index (κ2) is 2.68. The van der Waals surface area contributed by atoms with Gasteiger partial charge in [0.15, 0.2) is 6.29 Å². The summed E-state index contributed by atoms with van der Waals surface area (Å²) in [6.45, 7) is 3.42. The number of aromatic amines is 1. The fourth-order valence-electron chi connectivity index (χ4n) is 1.22. The minimum absolute atomic E-state index is 0.139. The number of ether oxygens (including phenoxy) is 2. The van der Waals surface area contributed by atoms with Gasteiger partial charge in [-0.25, -0.2) is 0 Å². The number of aromatic nitrogens is 1. The van der Waals surface area contributed by atoms with Crippen LogP contribution in [0, 0.1) is 6.92 Å². The highest BCUT2D eigenvalue weighted by molar-refractivity contribution is 5.16. The number of hydrogen-bond acceptors (Lipinski definition) is 2. The van der Waals surface area contributed by atoms with E-state index in [0.29, 0.717) is 13.2 Å². The minimum Gasteiger partial charge on any atom is -0.365 e. The third-order valence-electron chi connectivity index (χ3n) is 1.74. The second-order valence-corrected chi connectivity index (χ2v) is 2.69. The lowest BCUT2D eigenvalue weighted by molar-refractivity contribution is -0.0440. The summed E-state index contributed by atoms with van der Waals surface area (Å²) in [5.41, 5.74) is 2.22. The molecule has 0 aromatic carbocycles. The maximum atomic E-state index is 5.31. The van der Waals surface area contributed by atoms with Gasteiger partial charge in [0.25, 0.3) is 0 Å². The first-order chi connectivity index (χ1) is 5.36. The molecular formula is C8H11NO2. The van der Waals surface area contributed by atoms with E-state index in [1.54, 1.807) is 0 Å². The Balaban J connectivity index is 2.15. The molecule has 1 aliphatic heterocycles. The molecule has 3 nitrogen and oxygen atoms in total. The van der Waals surface area contributed by atoms with Crippen LogP contribution in [-0.4, -0.2) is 18.2 Å². The molecule has 11 heavy (non-hydrogen) atoms. The zero-order valence-electron chi connectivity index (χ0n) is 6.46. The topological polar surface area (TPSA) is 34.2 Å². The van der Waals surface area contributed by atoms with E-state index in [-0.39, 0.29) is 6.29 Å². The van der Waals surface area contributed by atoms with Crippen LogP contribution in [0.3, 0.4) is 0 Å². The van der Waals surface area contributed by atoms with E-state index < -0.39 is 0 Å². The van der Waals surface area contributed by atoms with E-state index in [2.05, 4.69) is 4.98 Å². The largest absolute Gasteiger partial charge is 0.365 e. The van der Waals surface area contributed by atoms with Crippen LogP contribution in [0.4, 0.5) is 0 Å². The van der Waals surface area contributed by atoms with Gasteiger partial charge < -0.3 is 14.5 Å². The molecule has 1 aromatic heterocycles. The zero-order chi connectivity index (χ0) is 7.68. The first-order valence-electron chi connectivity index (χ1n) is 3.74. The molecular weight excluding hydrogens is 142 g/mol. The van der Waals surface area contributed by atoms with Gasteiger partial charge in [-0.05, 0) is 13.0 Å². The maximum Gasteiger partial charge on any atom is 0.185 e. The third-order valence-corrected chi connectivity index (χ3v) is 1.74. The summed E-state index contributed by atoms with van der Waals surface area (Å²) < 4.78 is 10.6. The Labute approximate surface area is 65.3 Å². The average molecular weight is 153 g/mol. The van der Waals surface area contributed by atoms with Gasteiger partial charge in [-0.1, -0.05) is 0 Å². The lowest BCUT2D eigenvalue weighted by Crippen LogP contribution is -1.94. The van der Waals surface area contributed by atoms with Crippen molar-refractivity contribution in [2.45, 2.75) is 13.2 Å². The molecule has 0 atom stereocenters. The number of aryl methyl sites for hydroxylation is 1. The predicted octanol–water partition coefficient (Wildman–Crippen LogP) is 1.37. The van der Waals surface area contributed by atoms with Crippen molar-refractivity contribution in [3.05, 3.63) is 23.5 Å². The molecule has 1 aromatic rings. The fourth-order valence-corrected chi connectivity index (χ4v) is 1.22. The Morgan fingerprint density at radius 2 is 2.18 bits per heavy atom. The van der Waals surface area contributed by atoms with Crippen LogP contribution in [0.5, 0.6) is 0 Å². The quantitative estimate of drug-likeness (QED) is 0.661. The normalized spacial score (nSPS) is 19.4. The zero-order valence-corrected chi connectivity index (χ0v) is 6.46. The van der Waals surface area contributed by atoms with Gasteiger partial charge in [-0.15, -0.1) is 0 Å². The fraction of sp³-hybridized carbons (Fsp3) is 0.500. The molecule has 60 valence electrons. The molecule has 3 heteroatoms. The molecule has 1 N–H and O–H groups in total. The summed E-state index contributed by atoms with van der Waals surface area (Å²) in [7, 11) is 0. The first kappa shape index (κ1) is 6.88. The van der Waals surface area contributed by atoms with E-state index in [1.807, 2.05) is 19.2 Å². The highest BCUT2D eigenvalue weighted by Crippen LogP contribution is 2.23. The molecule has 1 aliphatic rings. The van der Waals surface area contributed by atoms with Crippen LogP contribution in [0.2, 0.25) is 0 Å². The molecule has 0 spiro atoms. The van der Waals surface area contributed by atoms with Crippen molar-refractivity contribution in [2.24, 2.45) is 0 Å². The molecule has 0 saturated carbocycles. The number of nitrogens with one attached hydrogen (secondary N) is 1. The molecule has 0 bridgehead atoms. The van der Waals surface area contributed by atoms with Crippen LogP contribution in [-0.2, 0) is 9.47 Å². The van der Waals surface area contributed by atoms with Crippen molar-refractivity contribution >= 4 is 0 Å². The molecule has 0 aliphatic carbocycles. The van der Waals surface area contributed by atoms with Gasteiger partial charge in [0, 0.05) is 17.5 Å². The standard InChI is InChI=1S/C8H11NO2/c1-6-4-7(5-9-6)8-10-2-3-11-8/h4-5,8-9H,2-3H2,1H3. The smallest absolute Gasteiger partial charge is 0.185 e. The van der Waals surface area contributed by atoms with Crippen molar-refractivity contribution in [1.29, 1.82) is 0 Å². The summed E-state index contributed by atoms with van der Waals surface area (Å²) >= 11 is 0. The Morgan fingerprint density at radius 1 is 1.45 bits per heavy atom. The molecule has 1 fully saturated rings. The van der Waals surface area contributed by atoms with E-state index >= 15 is 0 Å². The average Bonchev–Trinajstić information content (AvgIpc) is 2.55. The lowest BCUT2D eigenvalue weighted by Gasteiger charge is -2.04. The van der Waals surface area contributed by atoms with Crippen LogP contribution < -0.4 is 0 Å². The van der Waals surface area contributed by atoms with Gasteiger partial charge in [-0.3, -0.25) is 0 Å².